The number of nitrogens with zero attached hydrogens (tertiary/aromatic N) is 1. The fourth-order valence-corrected chi connectivity index (χ4v) is 2.87. The zero-order valence-electron chi connectivity index (χ0n) is 16.1. The lowest BCUT2D eigenvalue weighted by Gasteiger charge is -2.11. The van der Waals surface area contributed by atoms with Crippen molar-refractivity contribution in [2.24, 2.45) is 0 Å². The minimum atomic E-state index is -1.12. The normalized spacial score (nSPS) is 11.0. The molecule has 0 aliphatic rings. The number of carbonyl (C=O) groups excluding carboxylic acids is 2. The van der Waals surface area contributed by atoms with Gasteiger partial charge in [-0.15, -0.1) is 0 Å². The highest BCUT2D eigenvalue weighted by Gasteiger charge is 2.18. The van der Waals surface area contributed by atoms with E-state index in [1.54, 1.807) is 0 Å². The van der Waals surface area contributed by atoms with E-state index in [0.29, 0.717) is 10.2 Å². The average Bonchev–Trinajstić information content (AvgIpc) is 3.20. The zero-order chi connectivity index (χ0) is 23.3. The molecule has 0 bridgehead atoms. The molecule has 0 radical (unpaired) electrons. The molecule has 0 saturated heterocycles. The molecule has 162 valence electrons. The van der Waals surface area contributed by atoms with Crippen LogP contribution in [0, 0.1) is 10.1 Å². The molecule has 0 aliphatic heterocycles. The van der Waals surface area contributed by atoms with Gasteiger partial charge < -0.3 is 20.2 Å². The molecule has 3 aromatic rings. The summed E-state index contributed by atoms with van der Waals surface area (Å²) in [6.45, 7) is 0. The van der Waals surface area contributed by atoms with E-state index < -0.39 is 22.7 Å². The number of hydrogen-bond acceptors (Lipinski definition) is 6. The highest BCUT2D eigenvalue weighted by atomic mass is 79.9. The number of non-ortho nitro benzene ring substituents is 1. The SMILES string of the molecule is O=C(Nc1ccc(C(=O)O)cc1)C(=Cc1cccc([N+](=O)[O-])c1)NC(=O)c1ccc(Br)o1. The molecule has 3 N–H and O–H groups in total. The molecule has 0 saturated carbocycles. The number of hydrogen-bond donors (Lipinski definition) is 3. The maximum absolute atomic E-state index is 12.8. The summed E-state index contributed by atoms with van der Waals surface area (Å²) >= 11 is 3.08. The third kappa shape index (κ3) is 5.67. The van der Waals surface area contributed by atoms with Gasteiger partial charge in [-0.05, 0) is 64.0 Å². The summed E-state index contributed by atoms with van der Waals surface area (Å²) in [6.07, 6.45) is 1.27. The number of rotatable bonds is 7. The van der Waals surface area contributed by atoms with E-state index in [1.165, 1.54) is 66.7 Å². The number of carboxylic acids is 1. The number of nitro benzene ring substituents is 1. The maximum Gasteiger partial charge on any atom is 0.335 e. The summed E-state index contributed by atoms with van der Waals surface area (Å²) < 4.78 is 5.50. The highest BCUT2D eigenvalue weighted by Crippen LogP contribution is 2.18. The number of anilines is 1. The molecule has 0 unspecified atom stereocenters. The van der Waals surface area contributed by atoms with Gasteiger partial charge in [0.2, 0.25) is 0 Å². The molecule has 0 spiro atoms. The third-order valence-corrected chi connectivity index (χ3v) is 4.50. The third-order valence-electron chi connectivity index (χ3n) is 4.07. The van der Waals surface area contributed by atoms with Gasteiger partial charge in [-0.1, -0.05) is 12.1 Å². The number of nitro groups is 1. The topological polar surface area (TPSA) is 152 Å². The van der Waals surface area contributed by atoms with Crippen LogP contribution in [0.2, 0.25) is 0 Å². The summed E-state index contributed by atoms with van der Waals surface area (Å²) in [7, 11) is 0. The Morgan fingerprint density at radius 3 is 2.38 bits per heavy atom. The van der Waals surface area contributed by atoms with Gasteiger partial charge in [0.05, 0.1) is 10.5 Å². The second kappa shape index (κ2) is 9.71. The van der Waals surface area contributed by atoms with Gasteiger partial charge in [0.25, 0.3) is 17.5 Å². The molecular formula is C21H14BrN3O7. The number of benzene rings is 2. The van der Waals surface area contributed by atoms with E-state index in [0.717, 1.165) is 0 Å². The Kier molecular flexibility index (Phi) is 6.80. The van der Waals surface area contributed by atoms with E-state index in [2.05, 4.69) is 26.6 Å². The Labute approximate surface area is 188 Å². The van der Waals surface area contributed by atoms with Gasteiger partial charge in [-0.2, -0.15) is 0 Å². The van der Waals surface area contributed by atoms with E-state index in [1.807, 2.05) is 0 Å². The van der Waals surface area contributed by atoms with Gasteiger partial charge in [0, 0.05) is 17.8 Å². The predicted molar refractivity (Wildman–Crippen MR) is 117 cm³/mol. The summed E-state index contributed by atoms with van der Waals surface area (Å²) in [5.74, 6) is -2.64. The minimum absolute atomic E-state index is 0.0343. The quantitative estimate of drug-likeness (QED) is 0.251. The van der Waals surface area contributed by atoms with Gasteiger partial charge in [0.15, 0.2) is 10.4 Å². The number of halogens is 1. The van der Waals surface area contributed by atoms with Crippen LogP contribution in [0.5, 0.6) is 0 Å². The smallest absolute Gasteiger partial charge is 0.335 e. The van der Waals surface area contributed by atoms with Crippen LogP contribution in [0.4, 0.5) is 11.4 Å². The first-order valence-electron chi connectivity index (χ1n) is 8.90. The maximum atomic E-state index is 12.8. The van der Waals surface area contributed by atoms with Gasteiger partial charge in [-0.3, -0.25) is 19.7 Å². The molecule has 32 heavy (non-hydrogen) atoms. The monoisotopic (exact) mass is 499 g/mol. The molecular weight excluding hydrogens is 486 g/mol. The van der Waals surface area contributed by atoms with Crippen molar-refractivity contribution < 1.29 is 28.8 Å². The van der Waals surface area contributed by atoms with E-state index in [-0.39, 0.29) is 28.4 Å². The Hall–Kier alpha value is -4.25. The molecule has 0 atom stereocenters. The van der Waals surface area contributed by atoms with Crippen molar-refractivity contribution in [2.75, 3.05) is 5.32 Å². The van der Waals surface area contributed by atoms with E-state index in [9.17, 15) is 24.5 Å². The van der Waals surface area contributed by atoms with Crippen LogP contribution >= 0.6 is 15.9 Å². The van der Waals surface area contributed by atoms with Crippen LogP contribution in [0.15, 0.2) is 75.4 Å². The molecule has 1 heterocycles. The minimum Gasteiger partial charge on any atom is -0.478 e. The first-order chi connectivity index (χ1) is 15.2. The number of amides is 2. The summed E-state index contributed by atoms with van der Waals surface area (Å²) in [5, 5.41) is 25.0. The Morgan fingerprint density at radius 2 is 1.78 bits per heavy atom. The first kappa shape index (κ1) is 22.4. The van der Waals surface area contributed by atoms with Crippen LogP contribution in [0.3, 0.4) is 0 Å². The predicted octanol–water partition coefficient (Wildman–Crippen LogP) is 4.06. The van der Waals surface area contributed by atoms with Crippen LogP contribution < -0.4 is 10.6 Å². The molecule has 0 aliphatic carbocycles. The van der Waals surface area contributed by atoms with Gasteiger partial charge >= 0.3 is 5.97 Å². The van der Waals surface area contributed by atoms with Crippen molar-refractivity contribution in [3.63, 3.8) is 0 Å². The fourth-order valence-electron chi connectivity index (χ4n) is 2.57. The van der Waals surface area contributed by atoms with E-state index in [4.69, 9.17) is 9.52 Å². The van der Waals surface area contributed by atoms with Crippen LogP contribution in [-0.2, 0) is 4.79 Å². The number of aromatic carboxylic acids is 1. The van der Waals surface area contributed by atoms with Gasteiger partial charge in [0.1, 0.15) is 5.70 Å². The van der Waals surface area contributed by atoms with Crippen LogP contribution in [0.25, 0.3) is 6.08 Å². The van der Waals surface area contributed by atoms with Crippen molar-refractivity contribution in [3.8, 4) is 0 Å². The molecule has 2 aromatic carbocycles. The summed E-state index contributed by atoms with van der Waals surface area (Å²) in [4.78, 5) is 46.8. The second-order valence-corrected chi connectivity index (χ2v) is 7.09. The molecule has 0 fully saturated rings. The molecule has 10 nitrogen and oxygen atoms in total. The first-order valence-corrected chi connectivity index (χ1v) is 9.70. The standard InChI is InChI=1S/C21H14BrN3O7/c22-18-9-8-17(32-18)20(27)24-16(11-12-2-1-3-15(10-12)25(30)31)19(26)23-14-6-4-13(5-7-14)21(28)29/h1-11H,(H,23,26)(H,24,27)(H,28,29). The lowest BCUT2D eigenvalue weighted by atomic mass is 10.1. The number of nitrogens with one attached hydrogen (secondary N) is 2. The molecule has 11 heteroatoms. The van der Waals surface area contributed by atoms with E-state index >= 15 is 0 Å². The van der Waals surface area contributed by atoms with Crippen molar-refractivity contribution >= 4 is 51.2 Å². The molecule has 3 rings (SSSR count). The number of carbonyl (C=O) groups is 3. The van der Waals surface area contributed by atoms with Crippen molar-refractivity contribution in [2.45, 2.75) is 0 Å². The Bertz CT molecular complexity index is 1230. The lowest BCUT2D eigenvalue weighted by molar-refractivity contribution is -0.384. The van der Waals surface area contributed by atoms with Crippen LogP contribution in [-0.4, -0.2) is 27.8 Å². The van der Waals surface area contributed by atoms with Crippen molar-refractivity contribution in [1.82, 2.24) is 5.32 Å². The second-order valence-electron chi connectivity index (χ2n) is 6.30. The van der Waals surface area contributed by atoms with Crippen molar-refractivity contribution in [3.05, 3.63) is 98.0 Å². The van der Waals surface area contributed by atoms with Crippen molar-refractivity contribution in [1.29, 1.82) is 0 Å². The number of furan rings is 1. The van der Waals surface area contributed by atoms with Gasteiger partial charge in [-0.25, -0.2) is 4.79 Å². The molecule has 2 amide bonds. The number of carboxylic acid groups (broad SMARTS) is 1. The highest BCUT2D eigenvalue weighted by molar-refractivity contribution is 9.10. The lowest BCUT2D eigenvalue weighted by Crippen LogP contribution is -2.30. The fraction of sp³-hybridized carbons (Fsp3) is 0. The zero-order valence-corrected chi connectivity index (χ0v) is 17.7. The average molecular weight is 500 g/mol. The molecule has 1 aromatic heterocycles. The summed E-state index contributed by atoms with van der Waals surface area (Å²) in [6, 6.07) is 13.8. The largest absolute Gasteiger partial charge is 0.478 e. The Morgan fingerprint density at radius 1 is 1.06 bits per heavy atom. The Balaban J connectivity index is 1.90. The summed E-state index contributed by atoms with van der Waals surface area (Å²) in [5.41, 5.74) is 0.202. The van der Waals surface area contributed by atoms with Crippen LogP contribution in [0.1, 0.15) is 26.5 Å².